The summed E-state index contributed by atoms with van der Waals surface area (Å²) in [5.41, 5.74) is 1.15. The van der Waals surface area contributed by atoms with Crippen molar-refractivity contribution >= 4 is 17.3 Å². The van der Waals surface area contributed by atoms with E-state index in [-0.39, 0.29) is 6.10 Å². The monoisotopic (exact) mass is 355 g/mol. The van der Waals surface area contributed by atoms with Crippen molar-refractivity contribution in [1.29, 1.82) is 0 Å². The number of guanidine groups is 1. The van der Waals surface area contributed by atoms with E-state index >= 15 is 0 Å². The highest BCUT2D eigenvalue weighted by molar-refractivity contribution is 7.09. The summed E-state index contributed by atoms with van der Waals surface area (Å²) in [6, 6.07) is 0. The van der Waals surface area contributed by atoms with E-state index in [0.717, 1.165) is 42.8 Å². The molecular formula is C17H33N5OS. The molecule has 0 fully saturated rings. The molecule has 6 nitrogen and oxygen atoms in total. The summed E-state index contributed by atoms with van der Waals surface area (Å²) >= 11 is 1.69. The first-order valence-corrected chi connectivity index (χ1v) is 9.49. The van der Waals surface area contributed by atoms with Crippen molar-refractivity contribution in [2.24, 2.45) is 4.99 Å². The third-order valence-electron chi connectivity index (χ3n) is 3.59. The fraction of sp³-hybridized carbons (Fsp3) is 0.765. The average molecular weight is 356 g/mol. The van der Waals surface area contributed by atoms with Gasteiger partial charge in [0.2, 0.25) is 0 Å². The van der Waals surface area contributed by atoms with Crippen LogP contribution in [0.15, 0.2) is 10.4 Å². The number of nitrogens with one attached hydrogen (secondary N) is 2. The number of aromatic nitrogens is 1. The fourth-order valence-corrected chi connectivity index (χ4v) is 3.04. The molecule has 0 saturated carbocycles. The van der Waals surface area contributed by atoms with E-state index in [1.807, 2.05) is 6.92 Å². The van der Waals surface area contributed by atoms with Gasteiger partial charge in [-0.05, 0) is 33.4 Å². The van der Waals surface area contributed by atoms with Crippen molar-refractivity contribution < 1.29 is 4.74 Å². The number of aliphatic imine (C=N–C) groups is 1. The third-order valence-corrected chi connectivity index (χ3v) is 4.46. The lowest BCUT2D eigenvalue weighted by molar-refractivity contribution is 0.0548. The van der Waals surface area contributed by atoms with Crippen LogP contribution >= 0.6 is 11.3 Å². The molecule has 1 aromatic rings. The summed E-state index contributed by atoms with van der Waals surface area (Å²) in [6.07, 6.45) is 1.18. The number of rotatable bonds is 10. The van der Waals surface area contributed by atoms with Crippen molar-refractivity contribution in [3.05, 3.63) is 16.1 Å². The lowest BCUT2D eigenvalue weighted by Gasteiger charge is -2.21. The normalized spacial score (nSPS) is 13.6. The van der Waals surface area contributed by atoms with Crippen molar-refractivity contribution in [2.45, 2.75) is 45.8 Å². The number of thiazole rings is 1. The Morgan fingerprint density at radius 2 is 2.12 bits per heavy atom. The number of hydrogen-bond acceptors (Lipinski definition) is 5. The smallest absolute Gasteiger partial charge is 0.191 e. The third kappa shape index (κ3) is 8.08. The Hall–Kier alpha value is -1.18. The molecule has 0 spiro atoms. The summed E-state index contributed by atoms with van der Waals surface area (Å²) in [4.78, 5) is 11.1. The zero-order chi connectivity index (χ0) is 17.9. The first-order chi connectivity index (χ1) is 11.5. The molecule has 0 aromatic carbocycles. The van der Waals surface area contributed by atoms with Crippen LogP contribution in [0.4, 0.5) is 0 Å². The fourth-order valence-electron chi connectivity index (χ4n) is 2.14. The van der Waals surface area contributed by atoms with Crippen LogP contribution in [-0.4, -0.2) is 62.8 Å². The van der Waals surface area contributed by atoms with E-state index in [9.17, 15) is 0 Å². The van der Waals surface area contributed by atoms with Gasteiger partial charge in [-0.1, -0.05) is 13.8 Å². The molecule has 0 amide bonds. The Labute approximate surface area is 150 Å². The number of ether oxygens (including phenoxy) is 1. The van der Waals surface area contributed by atoms with Crippen LogP contribution in [0.3, 0.4) is 0 Å². The molecule has 1 rings (SSSR count). The molecule has 1 aromatic heterocycles. The zero-order valence-corrected chi connectivity index (χ0v) is 16.7. The van der Waals surface area contributed by atoms with E-state index in [0.29, 0.717) is 12.5 Å². The molecule has 0 radical (unpaired) electrons. The Bertz CT molecular complexity index is 487. The topological polar surface area (TPSA) is 61.8 Å². The van der Waals surface area contributed by atoms with Gasteiger partial charge in [0.05, 0.1) is 18.3 Å². The largest absolute Gasteiger partial charge is 0.377 e. The molecule has 7 heteroatoms. The Morgan fingerprint density at radius 3 is 2.67 bits per heavy atom. The first kappa shape index (κ1) is 20.9. The summed E-state index contributed by atoms with van der Waals surface area (Å²) < 4.78 is 5.80. The van der Waals surface area contributed by atoms with E-state index in [1.165, 1.54) is 0 Å². The van der Waals surface area contributed by atoms with Gasteiger partial charge in [-0.15, -0.1) is 11.3 Å². The van der Waals surface area contributed by atoms with Crippen LogP contribution in [0, 0.1) is 0 Å². The first-order valence-electron chi connectivity index (χ1n) is 8.61. The summed E-state index contributed by atoms with van der Waals surface area (Å²) in [7, 11) is 5.94. The van der Waals surface area contributed by atoms with Crippen molar-refractivity contribution in [3.8, 4) is 0 Å². The van der Waals surface area contributed by atoms with Crippen LogP contribution in [-0.2, 0) is 11.3 Å². The molecule has 1 atom stereocenters. The molecule has 0 aliphatic heterocycles. The predicted molar refractivity (Wildman–Crippen MR) is 103 cm³/mol. The van der Waals surface area contributed by atoms with Gasteiger partial charge in [0.25, 0.3) is 0 Å². The molecule has 0 bridgehead atoms. The second-order valence-electron chi connectivity index (χ2n) is 6.30. The maximum absolute atomic E-state index is 5.80. The Morgan fingerprint density at radius 1 is 1.38 bits per heavy atom. The summed E-state index contributed by atoms with van der Waals surface area (Å²) in [6.45, 7) is 9.52. The SMILES string of the molecule is CCOC(CCN(C)C)CNC(=NC)NCc1nc(C(C)C)cs1. The lowest BCUT2D eigenvalue weighted by Crippen LogP contribution is -2.42. The van der Waals surface area contributed by atoms with E-state index in [2.05, 4.69) is 58.8 Å². The maximum Gasteiger partial charge on any atom is 0.191 e. The van der Waals surface area contributed by atoms with E-state index in [4.69, 9.17) is 4.74 Å². The van der Waals surface area contributed by atoms with Crippen molar-refractivity contribution in [2.75, 3.05) is 40.8 Å². The second kappa shape index (κ2) is 11.4. The molecule has 2 N–H and O–H groups in total. The van der Waals surface area contributed by atoms with Gasteiger partial charge < -0.3 is 20.3 Å². The van der Waals surface area contributed by atoms with E-state index < -0.39 is 0 Å². The van der Waals surface area contributed by atoms with Crippen molar-refractivity contribution in [1.82, 2.24) is 20.5 Å². The molecule has 24 heavy (non-hydrogen) atoms. The number of hydrogen-bond donors (Lipinski definition) is 2. The molecule has 138 valence electrons. The quantitative estimate of drug-likeness (QED) is 0.498. The predicted octanol–water partition coefficient (Wildman–Crippen LogP) is 2.29. The standard InChI is InChI=1S/C17H33N5OS/c1-7-23-14(8-9-22(5)6)10-19-17(18-4)20-11-16-21-15(12-24-16)13(2)3/h12-14H,7-11H2,1-6H3,(H2,18,19,20). The summed E-state index contributed by atoms with van der Waals surface area (Å²) in [5.74, 6) is 1.25. The lowest BCUT2D eigenvalue weighted by atomic mass is 10.2. The Kier molecular flexibility index (Phi) is 9.90. The van der Waals surface area contributed by atoms with Crippen LogP contribution < -0.4 is 10.6 Å². The molecule has 0 saturated heterocycles. The average Bonchev–Trinajstić information content (AvgIpc) is 3.01. The molecule has 1 unspecified atom stereocenters. The van der Waals surface area contributed by atoms with Gasteiger partial charge >= 0.3 is 0 Å². The molecule has 0 aliphatic rings. The van der Waals surface area contributed by atoms with Gasteiger partial charge in [0.15, 0.2) is 5.96 Å². The van der Waals surface area contributed by atoms with Gasteiger partial charge in [-0.25, -0.2) is 4.98 Å². The van der Waals surface area contributed by atoms with Crippen LogP contribution in [0.25, 0.3) is 0 Å². The van der Waals surface area contributed by atoms with Crippen LogP contribution in [0.5, 0.6) is 0 Å². The highest BCUT2D eigenvalue weighted by Crippen LogP contribution is 2.17. The number of nitrogens with zero attached hydrogens (tertiary/aromatic N) is 3. The van der Waals surface area contributed by atoms with Crippen LogP contribution in [0.1, 0.15) is 43.8 Å². The highest BCUT2D eigenvalue weighted by Gasteiger charge is 2.11. The van der Waals surface area contributed by atoms with Gasteiger partial charge in [-0.3, -0.25) is 4.99 Å². The molecular weight excluding hydrogens is 322 g/mol. The second-order valence-corrected chi connectivity index (χ2v) is 7.24. The van der Waals surface area contributed by atoms with E-state index in [1.54, 1.807) is 18.4 Å². The minimum absolute atomic E-state index is 0.184. The minimum atomic E-state index is 0.184. The van der Waals surface area contributed by atoms with Crippen LogP contribution in [0.2, 0.25) is 0 Å². The molecule has 0 aliphatic carbocycles. The maximum atomic E-state index is 5.80. The minimum Gasteiger partial charge on any atom is -0.377 e. The summed E-state index contributed by atoms with van der Waals surface area (Å²) in [5, 5.41) is 9.88. The zero-order valence-electron chi connectivity index (χ0n) is 15.9. The van der Waals surface area contributed by atoms with Gasteiger partial charge in [0, 0.05) is 32.1 Å². The highest BCUT2D eigenvalue weighted by atomic mass is 32.1. The van der Waals surface area contributed by atoms with Gasteiger partial charge in [-0.2, -0.15) is 0 Å². The van der Waals surface area contributed by atoms with Gasteiger partial charge in [0.1, 0.15) is 5.01 Å². The Balaban J connectivity index is 2.42. The van der Waals surface area contributed by atoms with Crippen molar-refractivity contribution in [3.63, 3.8) is 0 Å². The molecule has 1 heterocycles.